The van der Waals surface area contributed by atoms with Crippen LogP contribution in [0.4, 0.5) is 0 Å². The van der Waals surface area contributed by atoms with Crippen LogP contribution in [0, 0.1) is 18.8 Å². The standard InChI is InChI=1S/C10H21/c1-5-7-8-10(4)9(3)6-2/h9-10H,2,5-8H2,1,3-4H3. The van der Waals surface area contributed by atoms with E-state index in [1.54, 1.807) is 0 Å². The number of hydrogen-bond acceptors (Lipinski definition) is 0. The zero-order chi connectivity index (χ0) is 7.98. The van der Waals surface area contributed by atoms with Crippen molar-refractivity contribution in [2.45, 2.75) is 46.5 Å². The summed E-state index contributed by atoms with van der Waals surface area (Å²) in [6.45, 7) is 10.8. The summed E-state index contributed by atoms with van der Waals surface area (Å²) in [5.41, 5.74) is 0. The fraction of sp³-hybridized carbons (Fsp3) is 0.900. The summed E-state index contributed by atoms with van der Waals surface area (Å²) in [6, 6.07) is 0. The minimum atomic E-state index is 0.812. The van der Waals surface area contributed by atoms with Gasteiger partial charge in [0.25, 0.3) is 0 Å². The van der Waals surface area contributed by atoms with E-state index in [0.29, 0.717) is 0 Å². The van der Waals surface area contributed by atoms with Crippen LogP contribution in [0.2, 0.25) is 0 Å². The van der Waals surface area contributed by atoms with E-state index in [-0.39, 0.29) is 0 Å². The Bertz CT molecular complexity index is 66.4. The van der Waals surface area contributed by atoms with Crippen LogP contribution in [0.1, 0.15) is 46.5 Å². The van der Waals surface area contributed by atoms with Gasteiger partial charge in [0, 0.05) is 0 Å². The first-order chi connectivity index (χ1) is 4.72. The molecule has 0 fully saturated rings. The highest BCUT2D eigenvalue weighted by Gasteiger charge is 2.08. The summed E-state index contributed by atoms with van der Waals surface area (Å²) in [5, 5.41) is 0. The van der Waals surface area contributed by atoms with Gasteiger partial charge in [-0.3, -0.25) is 0 Å². The molecule has 0 aromatic rings. The van der Waals surface area contributed by atoms with E-state index in [9.17, 15) is 0 Å². The minimum absolute atomic E-state index is 0.812. The maximum atomic E-state index is 3.91. The van der Waals surface area contributed by atoms with E-state index in [0.717, 1.165) is 18.3 Å². The largest absolute Gasteiger partial charge is 0.0654 e. The molecule has 0 aromatic carbocycles. The van der Waals surface area contributed by atoms with Crippen LogP contribution in [-0.2, 0) is 0 Å². The lowest BCUT2D eigenvalue weighted by Crippen LogP contribution is -2.06. The Balaban J connectivity index is 3.31. The smallest absolute Gasteiger partial charge is 0.0417 e. The second-order valence-electron chi connectivity index (χ2n) is 3.39. The molecule has 0 aliphatic heterocycles. The Morgan fingerprint density at radius 2 is 1.80 bits per heavy atom. The molecule has 0 bridgehead atoms. The Hall–Kier alpha value is 0. The molecule has 0 aliphatic carbocycles. The Morgan fingerprint density at radius 3 is 2.20 bits per heavy atom. The van der Waals surface area contributed by atoms with Gasteiger partial charge in [0.2, 0.25) is 0 Å². The first kappa shape index (κ1) is 10.0. The van der Waals surface area contributed by atoms with Crippen molar-refractivity contribution >= 4 is 0 Å². The van der Waals surface area contributed by atoms with Gasteiger partial charge >= 0.3 is 0 Å². The number of unbranched alkanes of at least 4 members (excludes halogenated alkanes) is 1. The third kappa shape index (κ3) is 3.92. The topological polar surface area (TPSA) is 0 Å². The normalized spacial score (nSPS) is 16.8. The van der Waals surface area contributed by atoms with E-state index in [2.05, 4.69) is 27.7 Å². The lowest BCUT2D eigenvalue weighted by Gasteiger charge is -2.17. The van der Waals surface area contributed by atoms with Crippen molar-refractivity contribution in [2.75, 3.05) is 0 Å². The lowest BCUT2D eigenvalue weighted by molar-refractivity contribution is 0.357. The van der Waals surface area contributed by atoms with Crippen molar-refractivity contribution in [3.63, 3.8) is 0 Å². The average Bonchev–Trinajstić information content (AvgIpc) is 1.98. The molecule has 0 heteroatoms. The van der Waals surface area contributed by atoms with E-state index < -0.39 is 0 Å². The van der Waals surface area contributed by atoms with Gasteiger partial charge in [-0.15, -0.1) is 0 Å². The predicted molar refractivity (Wildman–Crippen MR) is 47.8 cm³/mol. The molecule has 0 nitrogen and oxygen atoms in total. The third-order valence-electron chi connectivity index (χ3n) is 2.44. The monoisotopic (exact) mass is 141 g/mol. The molecule has 61 valence electrons. The van der Waals surface area contributed by atoms with Crippen LogP contribution >= 0.6 is 0 Å². The van der Waals surface area contributed by atoms with Gasteiger partial charge in [0.15, 0.2) is 0 Å². The summed E-state index contributed by atoms with van der Waals surface area (Å²) in [4.78, 5) is 0. The summed E-state index contributed by atoms with van der Waals surface area (Å²) in [5.74, 6) is 1.68. The minimum Gasteiger partial charge on any atom is -0.0654 e. The molecule has 1 radical (unpaired) electrons. The zero-order valence-electron chi connectivity index (χ0n) is 7.69. The van der Waals surface area contributed by atoms with Crippen molar-refractivity contribution in [2.24, 2.45) is 11.8 Å². The molecule has 2 unspecified atom stereocenters. The Labute approximate surface area is 66.0 Å². The number of rotatable bonds is 5. The highest BCUT2D eigenvalue weighted by molar-refractivity contribution is 4.62. The van der Waals surface area contributed by atoms with Crippen molar-refractivity contribution in [3.8, 4) is 0 Å². The van der Waals surface area contributed by atoms with Crippen molar-refractivity contribution in [3.05, 3.63) is 6.92 Å². The highest BCUT2D eigenvalue weighted by atomic mass is 14.1. The quantitative estimate of drug-likeness (QED) is 0.548. The van der Waals surface area contributed by atoms with E-state index >= 15 is 0 Å². The fourth-order valence-corrected chi connectivity index (χ4v) is 1.10. The van der Waals surface area contributed by atoms with Crippen LogP contribution < -0.4 is 0 Å². The van der Waals surface area contributed by atoms with Crippen LogP contribution in [0.3, 0.4) is 0 Å². The summed E-state index contributed by atoms with van der Waals surface area (Å²) in [7, 11) is 0. The molecule has 0 saturated heterocycles. The second kappa shape index (κ2) is 5.76. The average molecular weight is 141 g/mol. The molecule has 0 N–H and O–H groups in total. The van der Waals surface area contributed by atoms with Gasteiger partial charge in [0.05, 0.1) is 0 Å². The first-order valence-corrected chi connectivity index (χ1v) is 4.51. The molecular weight excluding hydrogens is 120 g/mol. The van der Waals surface area contributed by atoms with E-state index in [1.165, 1.54) is 19.3 Å². The zero-order valence-corrected chi connectivity index (χ0v) is 7.69. The van der Waals surface area contributed by atoms with Gasteiger partial charge in [-0.2, -0.15) is 0 Å². The van der Waals surface area contributed by atoms with Crippen LogP contribution in [0.15, 0.2) is 0 Å². The molecule has 0 aromatic heterocycles. The molecule has 0 saturated carbocycles. The van der Waals surface area contributed by atoms with Crippen LogP contribution in [0.25, 0.3) is 0 Å². The number of hydrogen-bond donors (Lipinski definition) is 0. The highest BCUT2D eigenvalue weighted by Crippen LogP contribution is 2.19. The molecular formula is C10H21. The maximum absolute atomic E-state index is 3.91. The van der Waals surface area contributed by atoms with Crippen molar-refractivity contribution in [1.82, 2.24) is 0 Å². The lowest BCUT2D eigenvalue weighted by atomic mass is 9.89. The molecule has 0 spiro atoms. The Morgan fingerprint density at radius 1 is 1.20 bits per heavy atom. The van der Waals surface area contributed by atoms with Gasteiger partial charge in [0.1, 0.15) is 0 Å². The molecule has 2 atom stereocenters. The van der Waals surface area contributed by atoms with Gasteiger partial charge in [-0.25, -0.2) is 0 Å². The SMILES string of the molecule is [CH2]CC(C)C(C)CCCC. The van der Waals surface area contributed by atoms with Gasteiger partial charge in [-0.1, -0.05) is 53.4 Å². The summed E-state index contributed by atoms with van der Waals surface area (Å²) < 4.78 is 0. The second-order valence-corrected chi connectivity index (χ2v) is 3.39. The summed E-state index contributed by atoms with van der Waals surface area (Å²) in [6.07, 6.45) is 5.18. The van der Waals surface area contributed by atoms with E-state index in [4.69, 9.17) is 0 Å². The predicted octanol–water partition coefficient (Wildman–Crippen LogP) is 3.67. The van der Waals surface area contributed by atoms with Gasteiger partial charge in [-0.05, 0) is 11.8 Å². The molecule has 0 rings (SSSR count). The molecule has 0 heterocycles. The molecule has 10 heavy (non-hydrogen) atoms. The van der Waals surface area contributed by atoms with Crippen LogP contribution in [0.5, 0.6) is 0 Å². The van der Waals surface area contributed by atoms with E-state index in [1.807, 2.05) is 0 Å². The van der Waals surface area contributed by atoms with Crippen LogP contribution in [-0.4, -0.2) is 0 Å². The Kier molecular flexibility index (Phi) is 5.76. The summed E-state index contributed by atoms with van der Waals surface area (Å²) >= 11 is 0. The molecule has 0 amide bonds. The molecule has 0 aliphatic rings. The maximum Gasteiger partial charge on any atom is -0.0417 e. The van der Waals surface area contributed by atoms with Gasteiger partial charge < -0.3 is 0 Å². The fourth-order valence-electron chi connectivity index (χ4n) is 1.10. The third-order valence-corrected chi connectivity index (χ3v) is 2.44. The van der Waals surface area contributed by atoms with Crippen molar-refractivity contribution in [1.29, 1.82) is 0 Å². The van der Waals surface area contributed by atoms with Crippen molar-refractivity contribution < 1.29 is 0 Å². The first-order valence-electron chi connectivity index (χ1n) is 4.51.